The number of anilines is 2. The SMILES string of the molecule is C.Cc1cc(C)cc(C(=O)CC2CN(C(=O)c3nc(NC(C)c4cccnc4)nc4nc(C)sc34)C2)c1.Cc1nc2nc(NC(C)c3cccnc3)nc(C(=O)N3CC(CC(=O)C4CCCCC4)C3)c2s1. The Morgan fingerprint density at radius 1 is 0.634 bits per heavy atom. The van der Waals surface area contributed by atoms with Crippen molar-refractivity contribution in [1.82, 2.24) is 49.7 Å². The largest absolute Gasteiger partial charge is 0.348 e. The molecule has 18 heteroatoms. The van der Waals surface area contributed by atoms with Crippen LogP contribution in [0, 0.1) is 45.4 Å². The van der Waals surface area contributed by atoms with Gasteiger partial charge in [-0.2, -0.15) is 9.97 Å². The summed E-state index contributed by atoms with van der Waals surface area (Å²) >= 11 is 2.86. The minimum absolute atomic E-state index is 0. The van der Waals surface area contributed by atoms with Crippen LogP contribution in [0.3, 0.4) is 0 Å². The molecule has 71 heavy (non-hydrogen) atoms. The van der Waals surface area contributed by atoms with E-state index in [4.69, 9.17) is 0 Å². The van der Waals surface area contributed by atoms with E-state index in [1.54, 1.807) is 34.6 Å². The van der Waals surface area contributed by atoms with E-state index in [1.807, 2.05) is 77.9 Å². The average Bonchev–Trinajstić information content (AvgIpc) is 3.91. The highest BCUT2D eigenvalue weighted by molar-refractivity contribution is 7.19. The second kappa shape index (κ2) is 22.2. The molecule has 2 unspecified atom stereocenters. The van der Waals surface area contributed by atoms with Crippen LogP contribution in [0.4, 0.5) is 11.9 Å². The van der Waals surface area contributed by atoms with Gasteiger partial charge >= 0.3 is 0 Å². The van der Waals surface area contributed by atoms with Gasteiger partial charge in [-0.1, -0.05) is 56.0 Å². The van der Waals surface area contributed by atoms with Crippen LogP contribution in [0.1, 0.15) is 142 Å². The Balaban J connectivity index is 0.000000188. The minimum Gasteiger partial charge on any atom is -0.348 e. The monoisotopic (exact) mass is 994 g/mol. The van der Waals surface area contributed by atoms with Crippen molar-refractivity contribution in [2.24, 2.45) is 17.8 Å². The number of fused-ring (bicyclic) bond motifs is 2. The fourth-order valence-corrected chi connectivity index (χ4v) is 11.2. The topological polar surface area (TPSA) is 202 Å². The van der Waals surface area contributed by atoms with Crippen LogP contribution in [0.15, 0.2) is 67.3 Å². The molecule has 2 amide bonds. The van der Waals surface area contributed by atoms with Crippen LogP contribution >= 0.6 is 22.7 Å². The third kappa shape index (κ3) is 11.9. The van der Waals surface area contributed by atoms with E-state index < -0.39 is 0 Å². The van der Waals surface area contributed by atoms with Gasteiger partial charge in [-0.15, -0.1) is 22.7 Å². The van der Waals surface area contributed by atoms with Crippen molar-refractivity contribution in [3.05, 3.63) is 116 Å². The number of likely N-dealkylation sites (tertiary alicyclic amines) is 2. The molecule has 2 N–H and O–H groups in total. The van der Waals surface area contributed by atoms with E-state index >= 15 is 0 Å². The van der Waals surface area contributed by atoms with Crippen LogP contribution in [0.2, 0.25) is 0 Å². The van der Waals surface area contributed by atoms with Gasteiger partial charge in [0.05, 0.1) is 22.1 Å². The van der Waals surface area contributed by atoms with E-state index in [2.05, 4.69) is 56.6 Å². The van der Waals surface area contributed by atoms with Gasteiger partial charge in [0.2, 0.25) is 11.9 Å². The number of benzene rings is 1. The van der Waals surface area contributed by atoms with Gasteiger partial charge in [0.15, 0.2) is 28.5 Å². The van der Waals surface area contributed by atoms with Gasteiger partial charge in [-0.25, -0.2) is 19.9 Å². The highest BCUT2D eigenvalue weighted by atomic mass is 32.1. The maximum absolute atomic E-state index is 13.4. The molecule has 2 atom stereocenters. The number of rotatable bonds is 14. The van der Waals surface area contributed by atoms with Crippen LogP contribution in [-0.2, 0) is 4.79 Å². The zero-order chi connectivity index (χ0) is 49.1. The number of aromatic nitrogens is 8. The first-order valence-corrected chi connectivity index (χ1v) is 25.7. The van der Waals surface area contributed by atoms with E-state index in [-0.39, 0.29) is 54.9 Å². The zero-order valence-electron chi connectivity index (χ0n) is 40.4. The number of aryl methyl sites for hydroxylation is 4. The number of carbonyl (C=O) groups excluding carboxylic acids is 4. The standard InChI is InChI=1S/C27H28N6O2S.C25H30N6O2S.CH4/c1-15-8-16(2)10-21(9-15)22(34)11-19-13-33(14-19)26(35)23-24-25(30-18(4)36-24)32-27(31-23)29-17(3)20-6-5-7-28-12-20;1-15(19-9-6-10-26-12-19)27-25-29-21(22-23(30-25)28-16(2)34-22)24(33)31-13-17(14-31)11-20(32)18-7-4-3-5-8-18;/h5-10,12,17,19H,11,13-14H2,1-4H3,(H,29,31,32);6,9-10,12,15,17-18H,3-5,7-8,11,13-14H2,1-2H3,(H,27,29,30);1H4. The molecular weight excluding hydrogens is 933 g/mol. The van der Waals surface area contributed by atoms with Gasteiger partial charge in [0.25, 0.3) is 11.8 Å². The minimum atomic E-state index is -0.154. The predicted molar refractivity (Wildman–Crippen MR) is 279 cm³/mol. The zero-order valence-corrected chi connectivity index (χ0v) is 42.1. The number of nitrogens with zero attached hydrogens (tertiary/aromatic N) is 10. The number of hydrogen-bond acceptors (Lipinski definition) is 16. The molecule has 3 fully saturated rings. The maximum atomic E-state index is 13.4. The first-order chi connectivity index (χ1) is 33.7. The van der Waals surface area contributed by atoms with Gasteiger partial charge in [-0.3, -0.25) is 29.1 Å². The Hall–Kier alpha value is -6.66. The molecular formula is C53H62N12O4S2. The van der Waals surface area contributed by atoms with Gasteiger partial charge in [0, 0.05) is 87.1 Å². The van der Waals surface area contributed by atoms with Crippen molar-refractivity contribution in [1.29, 1.82) is 0 Å². The molecule has 370 valence electrons. The summed E-state index contributed by atoms with van der Waals surface area (Å²) < 4.78 is 1.40. The maximum Gasteiger partial charge on any atom is 0.274 e. The number of nitrogens with one attached hydrogen (secondary N) is 2. The molecule has 0 bridgehead atoms. The lowest BCUT2D eigenvalue weighted by molar-refractivity contribution is -0.125. The number of carbonyl (C=O) groups is 4. The van der Waals surface area contributed by atoms with Gasteiger partial charge in [0.1, 0.15) is 15.2 Å². The number of ketones is 2. The summed E-state index contributed by atoms with van der Waals surface area (Å²) in [6.45, 7) is 14.1. The normalized spacial score (nSPS) is 16.0. The Kier molecular flexibility index (Phi) is 15.8. The number of hydrogen-bond donors (Lipinski definition) is 2. The van der Waals surface area contributed by atoms with Crippen molar-refractivity contribution in [3.8, 4) is 0 Å². The molecule has 1 aromatic carbocycles. The molecule has 0 spiro atoms. The number of pyridine rings is 2. The molecule has 2 aliphatic heterocycles. The lowest BCUT2D eigenvalue weighted by atomic mass is 9.81. The highest BCUT2D eigenvalue weighted by Gasteiger charge is 2.37. The average molecular weight is 995 g/mol. The van der Waals surface area contributed by atoms with E-state index in [1.165, 1.54) is 41.9 Å². The summed E-state index contributed by atoms with van der Waals surface area (Å²) in [5.41, 5.74) is 6.68. The highest BCUT2D eigenvalue weighted by Crippen LogP contribution is 2.33. The van der Waals surface area contributed by atoms with Crippen LogP contribution in [0.5, 0.6) is 0 Å². The van der Waals surface area contributed by atoms with Crippen LogP contribution in [-0.4, -0.2) is 99.2 Å². The number of Topliss-reactive ketones (excluding diaryl/α,β-unsaturated/α-hetero) is 2. The lowest BCUT2D eigenvalue weighted by Gasteiger charge is -2.39. The lowest BCUT2D eigenvalue weighted by Crippen LogP contribution is -2.51. The molecule has 7 aromatic rings. The van der Waals surface area contributed by atoms with E-state index in [9.17, 15) is 19.2 Å². The number of amides is 2. The van der Waals surface area contributed by atoms with Gasteiger partial charge < -0.3 is 20.4 Å². The summed E-state index contributed by atoms with van der Waals surface area (Å²) in [4.78, 5) is 91.5. The molecule has 3 aliphatic rings. The molecule has 0 radical (unpaired) electrons. The molecule has 8 heterocycles. The van der Waals surface area contributed by atoms with Crippen molar-refractivity contribution < 1.29 is 19.2 Å². The third-order valence-electron chi connectivity index (χ3n) is 13.2. The molecule has 6 aromatic heterocycles. The van der Waals surface area contributed by atoms with Crippen LogP contribution in [0.25, 0.3) is 20.7 Å². The van der Waals surface area contributed by atoms with Crippen molar-refractivity contribution >= 4 is 78.6 Å². The molecule has 16 nitrogen and oxygen atoms in total. The van der Waals surface area contributed by atoms with Gasteiger partial charge in [-0.05, 0) is 89.8 Å². The van der Waals surface area contributed by atoms with Crippen molar-refractivity contribution in [2.75, 3.05) is 36.8 Å². The molecule has 1 saturated carbocycles. The Labute approximate surface area is 422 Å². The summed E-state index contributed by atoms with van der Waals surface area (Å²) in [6.07, 6.45) is 13.7. The Morgan fingerprint density at radius 3 is 1.55 bits per heavy atom. The summed E-state index contributed by atoms with van der Waals surface area (Å²) in [6, 6.07) is 13.5. The summed E-state index contributed by atoms with van der Waals surface area (Å²) in [5, 5.41) is 8.24. The van der Waals surface area contributed by atoms with Crippen molar-refractivity contribution in [3.63, 3.8) is 0 Å². The fraction of sp³-hybridized carbons (Fsp3) is 0.434. The first kappa shape index (κ1) is 50.7. The predicted octanol–water partition coefficient (Wildman–Crippen LogP) is 10.1. The quantitative estimate of drug-likeness (QED) is 0.0975. The Morgan fingerprint density at radius 2 is 1.10 bits per heavy atom. The summed E-state index contributed by atoms with van der Waals surface area (Å²) in [5.74, 6) is 1.60. The van der Waals surface area contributed by atoms with Crippen molar-refractivity contribution in [2.45, 2.75) is 106 Å². The summed E-state index contributed by atoms with van der Waals surface area (Å²) in [7, 11) is 0. The van der Waals surface area contributed by atoms with E-state index in [0.717, 1.165) is 50.7 Å². The molecule has 10 rings (SSSR count). The fourth-order valence-electron chi connectivity index (χ4n) is 9.51. The van der Waals surface area contributed by atoms with Crippen LogP contribution < -0.4 is 10.6 Å². The molecule has 2 saturated heterocycles. The van der Waals surface area contributed by atoms with E-state index in [0.29, 0.717) is 88.8 Å². The smallest absolute Gasteiger partial charge is 0.274 e. The Bertz CT molecular complexity index is 3020. The first-order valence-electron chi connectivity index (χ1n) is 24.1. The third-order valence-corrected chi connectivity index (χ3v) is 15.2. The number of thiazole rings is 2. The second-order valence-electron chi connectivity index (χ2n) is 19.0. The second-order valence-corrected chi connectivity index (χ2v) is 21.4. The molecule has 1 aliphatic carbocycles.